The van der Waals surface area contributed by atoms with Gasteiger partial charge in [-0.05, 0) is 29.8 Å². The second-order valence-corrected chi connectivity index (χ2v) is 6.18. The molecule has 0 aliphatic heterocycles. The number of nitrogens with zero attached hydrogens (tertiary/aromatic N) is 1. The molecule has 0 aliphatic rings. The van der Waals surface area contributed by atoms with Crippen molar-refractivity contribution in [1.29, 1.82) is 0 Å². The summed E-state index contributed by atoms with van der Waals surface area (Å²) >= 11 is 1.27. The van der Waals surface area contributed by atoms with Crippen LogP contribution >= 0.6 is 11.3 Å². The number of hydrogen-bond acceptors (Lipinski definition) is 5. The van der Waals surface area contributed by atoms with Crippen molar-refractivity contribution in [3.8, 4) is 10.6 Å². The number of hydrogen-bond donors (Lipinski definition) is 2. The smallest absolute Gasteiger partial charge is 0.284 e. The highest BCUT2D eigenvalue weighted by Crippen LogP contribution is 2.26. The molecule has 1 amide bonds. The molecule has 0 radical (unpaired) electrons. The van der Waals surface area contributed by atoms with Gasteiger partial charge in [0.15, 0.2) is 0 Å². The van der Waals surface area contributed by atoms with E-state index >= 15 is 0 Å². The molecule has 1 aromatic carbocycles. The molecule has 24 heavy (non-hydrogen) atoms. The Hall–Kier alpha value is -2.54. The number of aromatic nitrogens is 1. The normalized spacial score (nSPS) is 10.5. The molecule has 6 heteroatoms. The highest BCUT2D eigenvalue weighted by atomic mass is 32.1. The van der Waals surface area contributed by atoms with E-state index < -0.39 is 5.91 Å². The van der Waals surface area contributed by atoms with Gasteiger partial charge in [-0.2, -0.15) is 0 Å². The van der Waals surface area contributed by atoms with Gasteiger partial charge in [0.1, 0.15) is 0 Å². The molecule has 5 nitrogen and oxygen atoms in total. The molecular weight excluding hydrogens is 324 g/mol. The number of thiophene rings is 1. The maximum absolute atomic E-state index is 11.4. The Morgan fingerprint density at radius 2 is 1.88 bits per heavy atom. The molecule has 3 aromatic rings. The highest BCUT2D eigenvalue weighted by molar-refractivity contribution is 7.17. The summed E-state index contributed by atoms with van der Waals surface area (Å²) in [5, 5.41) is 8.68. The third kappa shape index (κ3) is 4.05. The first-order valence-corrected chi connectivity index (χ1v) is 8.20. The largest absolute Gasteiger partial charge is 0.370 e. The summed E-state index contributed by atoms with van der Waals surface area (Å²) in [6.45, 7) is 0.949. The first-order chi connectivity index (χ1) is 11.8. The van der Waals surface area contributed by atoms with Crippen LogP contribution in [0.5, 0.6) is 0 Å². The first kappa shape index (κ1) is 16.3. The fraction of sp³-hybridized carbons (Fsp3) is 0.111. The minimum Gasteiger partial charge on any atom is -0.370 e. The van der Waals surface area contributed by atoms with E-state index in [-0.39, 0.29) is 0 Å². The number of carbonyl (C=O) groups excluding carboxylic acids is 1. The van der Waals surface area contributed by atoms with Crippen LogP contribution in [0.2, 0.25) is 0 Å². The van der Waals surface area contributed by atoms with Crippen molar-refractivity contribution >= 4 is 17.2 Å². The van der Waals surface area contributed by atoms with E-state index in [1.165, 1.54) is 11.3 Å². The maximum atomic E-state index is 11.4. The van der Waals surface area contributed by atoms with Crippen LogP contribution in [0.3, 0.4) is 0 Å². The van der Waals surface area contributed by atoms with Crippen LogP contribution in [0.15, 0.2) is 60.7 Å². The van der Waals surface area contributed by atoms with Crippen LogP contribution in [-0.2, 0) is 18.0 Å². The molecule has 2 heterocycles. The van der Waals surface area contributed by atoms with Gasteiger partial charge in [0, 0.05) is 0 Å². The van der Waals surface area contributed by atoms with Crippen molar-refractivity contribution in [3.05, 3.63) is 76.8 Å². The fourth-order valence-corrected chi connectivity index (χ4v) is 3.06. The van der Waals surface area contributed by atoms with E-state index in [0.717, 1.165) is 21.8 Å². The lowest BCUT2D eigenvalue weighted by molar-refractivity contribution is 0.0711. The Bertz CT molecular complexity index is 818. The number of rotatable bonds is 6. The molecule has 0 fully saturated rings. The number of ether oxygens (including phenoxy) is 1. The van der Waals surface area contributed by atoms with Gasteiger partial charge in [0.25, 0.3) is 5.91 Å². The number of pyridine rings is 1. The van der Waals surface area contributed by atoms with E-state index in [1.54, 1.807) is 11.5 Å². The van der Waals surface area contributed by atoms with Crippen LogP contribution in [0, 0.1) is 0 Å². The predicted molar refractivity (Wildman–Crippen MR) is 91.7 cm³/mol. The van der Waals surface area contributed by atoms with Crippen molar-refractivity contribution in [1.82, 2.24) is 10.5 Å². The molecule has 122 valence electrons. The van der Waals surface area contributed by atoms with Crippen molar-refractivity contribution in [2.24, 2.45) is 0 Å². The van der Waals surface area contributed by atoms with Gasteiger partial charge in [0.05, 0.1) is 34.4 Å². The molecule has 0 aliphatic carbocycles. The van der Waals surface area contributed by atoms with Crippen molar-refractivity contribution in [2.75, 3.05) is 0 Å². The van der Waals surface area contributed by atoms with E-state index in [4.69, 9.17) is 9.94 Å². The van der Waals surface area contributed by atoms with Gasteiger partial charge in [-0.15, -0.1) is 11.3 Å². The Balaban J connectivity index is 1.65. The Morgan fingerprint density at radius 3 is 2.67 bits per heavy atom. The molecular formula is C18H16N2O3S. The summed E-state index contributed by atoms with van der Waals surface area (Å²) in [6, 6.07) is 19.1. The molecule has 0 saturated carbocycles. The minimum atomic E-state index is -0.520. The number of benzene rings is 1. The van der Waals surface area contributed by atoms with Gasteiger partial charge in [-0.1, -0.05) is 36.4 Å². The third-order valence-corrected chi connectivity index (χ3v) is 4.46. The molecule has 2 aromatic heterocycles. The lowest BCUT2D eigenvalue weighted by Gasteiger charge is -2.05. The molecule has 0 saturated heterocycles. The lowest BCUT2D eigenvalue weighted by atomic mass is 10.2. The quantitative estimate of drug-likeness (QED) is 0.531. The third-order valence-electron chi connectivity index (χ3n) is 3.35. The topological polar surface area (TPSA) is 71.5 Å². The number of carbonyl (C=O) groups is 1. The molecule has 0 unspecified atom stereocenters. The average Bonchev–Trinajstić information content (AvgIpc) is 3.12. The summed E-state index contributed by atoms with van der Waals surface area (Å²) in [5.41, 5.74) is 4.35. The van der Waals surface area contributed by atoms with Gasteiger partial charge >= 0.3 is 0 Å². The average molecular weight is 340 g/mol. The lowest BCUT2D eigenvalue weighted by Crippen LogP contribution is -2.16. The monoisotopic (exact) mass is 340 g/mol. The zero-order valence-corrected chi connectivity index (χ0v) is 13.6. The van der Waals surface area contributed by atoms with E-state index in [2.05, 4.69) is 4.98 Å². The number of nitrogens with one attached hydrogen (secondary N) is 1. The van der Waals surface area contributed by atoms with Gasteiger partial charge in [-0.25, -0.2) is 10.5 Å². The van der Waals surface area contributed by atoms with Crippen LogP contribution in [0.4, 0.5) is 0 Å². The highest BCUT2D eigenvalue weighted by Gasteiger charge is 2.10. The van der Waals surface area contributed by atoms with Gasteiger partial charge in [0.2, 0.25) is 0 Å². The van der Waals surface area contributed by atoms with Gasteiger partial charge < -0.3 is 4.74 Å². The zero-order chi connectivity index (χ0) is 16.8. The first-order valence-electron chi connectivity index (χ1n) is 7.38. The SMILES string of the molecule is O=C(NO)c1ccc(-c2cccc(COCc3ccccc3)n2)s1. The Kier molecular flexibility index (Phi) is 5.32. The van der Waals surface area contributed by atoms with Crippen molar-refractivity contribution in [2.45, 2.75) is 13.2 Å². The summed E-state index contributed by atoms with van der Waals surface area (Å²) in [5.74, 6) is -0.520. The summed E-state index contributed by atoms with van der Waals surface area (Å²) in [7, 11) is 0. The Labute approximate surface area is 143 Å². The van der Waals surface area contributed by atoms with Crippen LogP contribution in [-0.4, -0.2) is 16.1 Å². The molecule has 3 rings (SSSR count). The van der Waals surface area contributed by atoms with Crippen molar-refractivity contribution in [3.63, 3.8) is 0 Å². The van der Waals surface area contributed by atoms with E-state index in [1.807, 2.05) is 54.6 Å². The minimum absolute atomic E-state index is 0.415. The maximum Gasteiger partial charge on any atom is 0.284 e. The van der Waals surface area contributed by atoms with E-state index in [9.17, 15) is 4.79 Å². The second kappa shape index (κ2) is 7.83. The predicted octanol–water partition coefficient (Wildman–Crippen LogP) is 3.65. The molecule has 0 bridgehead atoms. The summed E-state index contributed by atoms with van der Waals surface area (Å²) in [6.07, 6.45) is 0. The summed E-state index contributed by atoms with van der Waals surface area (Å²) in [4.78, 5) is 17.3. The van der Waals surface area contributed by atoms with Crippen LogP contribution < -0.4 is 5.48 Å². The number of hydroxylamine groups is 1. The van der Waals surface area contributed by atoms with Gasteiger partial charge in [-0.3, -0.25) is 10.0 Å². The number of amides is 1. The Morgan fingerprint density at radius 1 is 1.04 bits per heavy atom. The summed E-state index contributed by atoms with van der Waals surface area (Å²) < 4.78 is 5.70. The standard InChI is InChI=1S/C18H16N2O3S/c21-18(20-22)17-10-9-16(24-17)15-8-4-7-14(19-15)12-23-11-13-5-2-1-3-6-13/h1-10,22H,11-12H2,(H,20,21). The zero-order valence-electron chi connectivity index (χ0n) is 12.8. The van der Waals surface area contributed by atoms with E-state index in [0.29, 0.717) is 18.1 Å². The molecule has 0 spiro atoms. The molecule has 2 N–H and O–H groups in total. The van der Waals surface area contributed by atoms with Crippen LogP contribution in [0.25, 0.3) is 10.6 Å². The molecule has 0 atom stereocenters. The second-order valence-electron chi connectivity index (χ2n) is 5.10. The van der Waals surface area contributed by atoms with Crippen molar-refractivity contribution < 1.29 is 14.7 Å². The van der Waals surface area contributed by atoms with Crippen LogP contribution in [0.1, 0.15) is 20.9 Å². The fourth-order valence-electron chi connectivity index (χ4n) is 2.20.